The summed E-state index contributed by atoms with van der Waals surface area (Å²) in [5.41, 5.74) is 3.35. The average Bonchev–Trinajstić information content (AvgIpc) is 2.57. The van der Waals surface area contributed by atoms with Gasteiger partial charge in [-0.3, -0.25) is 4.79 Å². The third kappa shape index (κ3) is 4.32. The summed E-state index contributed by atoms with van der Waals surface area (Å²) in [6, 6.07) is 12.2. The maximum absolute atomic E-state index is 12.0. The molecule has 23 heavy (non-hydrogen) atoms. The predicted molar refractivity (Wildman–Crippen MR) is 87.8 cm³/mol. The van der Waals surface area contributed by atoms with Crippen molar-refractivity contribution in [2.24, 2.45) is 0 Å². The number of methoxy groups -OCH3 is 1. The molecule has 2 aromatic rings. The van der Waals surface area contributed by atoms with Crippen molar-refractivity contribution in [2.45, 2.75) is 13.8 Å². The van der Waals surface area contributed by atoms with E-state index in [-0.39, 0.29) is 12.5 Å². The highest BCUT2D eigenvalue weighted by Crippen LogP contribution is 2.18. The molecule has 0 fully saturated rings. The molecule has 120 valence electrons. The van der Waals surface area contributed by atoms with Gasteiger partial charge in [-0.05, 0) is 55.3 Å². The molecule has 5 nitrogen and oxygen atoms in total. The molecule has 0 aliphatic carbocycles. The number of rotatable bonds is 5. The van der Waals surface area contributed by atoms with Gasteiger partial charge < -0.3 is 14.8 Å². The number of ether oxygens (including phenoxy) is 2. The highest BCUT2D eigenvalue weighted by molar-refractivity contribution is 5.93. The molecular formula is C18H19NO4. The van der Waals surface area contributed by atoms with E-state index in [2.05, 4.69) is 10.1 Å². The number of nitrogens with one attached hydrogen (secondary N) is 1. The van der Waals surface area contributed by atoms with Crippen LogP contribution in [0.4, 0.5) is 5.69 Å². The number of carbonyl (C=O) groups is 2. The molecule has 0 aromatic heterocycles. The largest absolute Gasteiger partial charge is 0.484 e. The zero-order valence-corrected chi connectivity index (χ0v) is 13.4. The number of aryl methyl sites for hydroxylation is 1. The Morgan fingerprint density at radius 2 is 1.74 bits per heavy atom. The van der Waals surface area contributed by atoms with Crippen molar-refractivity contribution in [1.82, 2.24) is 0 Å². The van der Waals surface area contributed by atoms with Crippen LogP contribution in [0.5, 0.6) is 5.75 Å². The minimum atomic E-state index is -0.413. The monoisotopic (exact) mass is 313 g/mol. The van der Waals surface area contributed by atoms with Crippen molar-refractivity contribution in [3.63, 3.8) is 0 Å². The molecule has 1 amide bonds. The second-order valence-electron chi connectivity index (χ2n) is 5.10. The summed E-state index contributed by atoms with van der Waals surface area (Å²) in [6.07, 6.45) is 0. The van der Waals surface area contributed by atoms with Gasteiger partial charge in [-0.15, -0.1) is 0 Å². The van der Waals surface area contributed by atoms with Crippen molar-refractivity contribution < 1.29 is 19.1 Å². The molecule has 0 aliphatic rings. The van der Waals surface area contributed by atoms with Gasteiger partial charge in [0.1, 0.15) is 5.75 Å². The van der Waals surface area contributed by atoms with E-state index in [4.69, 9.17) is 4.74 Å². The Labute approximate surface area is 135 Å². The lowest BCUT2D eigenvalue weighted by atomic mass is 10.1. The van der Waals surface area contributed by atoms with Gasteiger partial charge in [0.2, 0.25) is 0 Å². The molecule has 0 spiro atoms. The Bertz CT molecular complexity index is 707. The van der Waals surface area contributed by atoms with E-state index in [0.717, 1.165) is 16.8 Å². The zero-order chi connectivity index (χ0) is 16.8. The molecule has 2 aromatic carbocycles. The summed E-state index contributed by atoms with van der Waals surface area (Å²) >= 11 is 0. The minimum absolute atomic E-state index is 0.106. The Kier molecular flexibility index (Phi) is 5.36. The van der Waals surface area contributed by atoms with E-state index in [1.54, 1.807) is 24.3 Å². The Morgan fingerprint density at radius 3 is 2.39 bits per heavy atom. The van der Waals surface area contributed by atoms with Crippen LogP contribution in [0.1, 0.15) is 21.5 Å². The van der Waals surface area contributed by atoms with E-state index < -0.39 is 5.97 Å². The van der Waals surface area contributed by atoms with Gasteiger partial charge in [0, 0.05) is 5.69 Å². The number of hydrogen-bond donors (Lipinski definition) is 1. The summed E-state index contributed by atoms with van der Waals surface area (Å²) in [5, 5.41) is 2.82. The quantitative estimate of drug-likeness (QED) is 0.861. The van der Waals surface area contributed by atoms with E-state index in [0.29, 0.717) is 11.3 Å². The van der Waals surface area contributed by atoms with Crippen LogP contribution < -0.4 is 10.1 Å². The predicted octanol–water partition coefficient (Wildman–Crippen LogP) is 3.11. The van der Waals surface area contributed by atoms with Gasteiger partial charge in [-0.25, -0.2) is 4.79 Å². The van der Waals surface area contributed by atoms with Crippen LogP contribution in [0.2, 0.25) is 0 Å². The first-order valence-corrected chi connectivity index (χ1v) is 7.18. The lowest BCUT2D eigenvalue weighted by molar-refractivity contribution is -0.118. The highest BCUT2D eigenvalue weighted by atomic mass is 16.5. The van der Waals surface area contributed by atoms with Crippen LogP contribution in [0, 0.1) is 13.8 Å². The molecule has 1 N–H and O–H groups in total. The molecule has 0 atom stereocenters. The van der Waals surface area contributed by atoms with Crippen molar-refractivity contribution in [1.29, 1.82) is 0 Å². The van der Waals surface area contributed by atoms with Crippen LogP contribution in [-0.4, -0.2) is 25.6 Å². The molecule has 0 heterocycles. The van der Waals surface area contributed by atoms with Crippen molar-refractivity contribution in [2.75, 3.05) is 19.0 Å². The number of anilines is 1. The molecule has 0 radical (unpaired) electrons. The van der Waals surface area contributed by atoms with Crippen LogP contribution in [0.25, 0.3) is 0 Å². The molecule has 0 saturated carbocycles. The highest BCUT2D eigenvalue weighted by Gasteiger charge is 2.08. The first kappa shape index (κ1) is 16.5. The molecule has 5 heteroatoms. The average molecular weight is 313 g/mol. The number of carbonyl (C=O) groups excluding carboxylic acids is 2. The first-order chi connectivity index (χ1) is 11.0. The number of hydrogen-bond acceptors (Lipinski definition) is 4. The third-order valence-corrected chi connectivity index (χ3v) is 3.52. The number of amides is 1. The SMILES string of the molecule is COC(=O)c1ccc(OCC(=O)Nc2cccc(C)c2C)cc1. The normalized spacial score (nSPS) is 10.0. The summed E-state index contributed by atoms with van der Waals surface area (Å²) in [5.74, 6) is -0.145. The zero-order valence-electron chi connectivity index (χ0n) is 13.4. The third-order valence-electron chi connectivity index (χ3n) is 3.52. The Morgan fingerprint density at radius 1 is 1.04 bits per heavy atom. The lowest BCUT2D eigenvalue weighted by Crippen LogP contribution is -2.20. The van der Waals surface area contributed by atoms with Gasteiger partial charge >= 0.3 is 5.97 Å². The topological polar surface area (TPSA) is 64.6 Å². The van der Waals surface area contributed by atoms with Gasteiger partial charge in [-0.1, -0.05) is 12.1 Å². The van der Waals surface area contributed by atoms with Crippen molar-refractivity contribution in [3.05, 3.63) is 59.2 Å². The fourth-order valence-corrected chi connectivity index (χ4v) is 2.03. The van der Waals surface area contributed by atoms with Gasteiger partial charge in [0.25, 0.3) is 5.91 Å². The molecule has 0 unspecified atom stereocenters. The van der Waals surface area contributed by atoms with E-state index >= 15 is 0 Å². The van der Waals surface area contributed by atoms with Crippen LogP contribution in [0.15, 0.2) is 42.5 Å². The second kappa shape index (κ2) is 7.45. The fourth-order valence-electron chi connectivity index (χ4n) is 2.03. The van der Waals surface area contributed by atoms with Crippen LogP contribution in [-0.2, 0) is 9.53 Å². The maximum atomic E-state index is 12.0. The van der Waals surface area contributed by atoms with Gasteiger partial charge in [0.15, 0.2) is 6.61 Å². The molecule has 2 rings (SSSR count). The summed E-state index contributed by atoms with van der Waals surface area (Å²) < 4.78 is 10.0. The smallest absolute Gasteiger partial charge is 0.337 e. The Hall–Kier alpha value is -2.82. The van der Waals surface area contributed by atoms with Gasteiger partial charge in [-0.2, -0.15) is 0 Å². The summed E-state index contributed by atoms with van der Waals surface area (Å²) in [6.45, 7) is 3.84. The van der Waals surface area contributed by atoms with Crippen LogP contribution >= 0.6 is 0 Å². The molecule has 0 saturated heterocycles. The van der Waals surface area contributed by atoms with E-state index in [1.807, 2.05) is 32.0 Å². The molecular weight excluding hydrogens is 294 g/mol. The van der Waals surface area contributed by atoms with Crippen molar-refractivity contribution >= 4 is 17.6 Å². The van der Waals surface area contributed by atoms with E-state index in [9.17, 15) is 9.59 Å². The second-order valence-corrected chi connectivity index (χ2v) is 5.10. The number of esters is 1. The minimum Gasteiger partial charge on any atom is -0.484 e. The summed E-state index contributed by atoms with van der Waals surface area (Å²) in [7, 11) is 1.32. The lowest BCUT2D eigenvalue weighted by Gasteiger charge is -2.11. The first-order valence-electron chi connectivity index (χ1n) is 7.18. The Balaban J connectivity index is 1.91. The van der Waals surface area contributed by atoms with E-state index in [1.165, 1.54) is 7.11 Å². The standard InChI is InChI=1S/C18H19NO4/c1-12-5-4-6-16(13(12)2)19-17(20)11-23-15-9-7-14(8-10-15)18(21)22-3/h4-10H,11H2,1-3H3,(H,19,20). The molecule has 0 bridgehead atoms. The number of benzene rings is 2. The van der Waals surface area contributed by atoms with Crippen molar-refractivity contribution in [3.8, 4) is 5.75 Å². The van der Waals surface area contributed by atoms with Gasteiger partial charge in [0.05, 0.1) is 12.7 Å². The molecule has 0 aliphatic heterocycles. The maximum Gasteiger partial charge on any atom is 0.337 e. The van der Waals surface area contributed by atoms with Crippen LogP contribution in [0.3, 0.4) is 0 Å². The summed E-state index contributed by atoms with van der Waals surface area (Å²) in [4.78, 5) is 23.3. The fraction of sp³-hybridized carbons (Fsp3) is 0.222.